The van der Waals surface area contributed by atoms with Crippen LogP contribution in [-0.2, 0) is 0 Å². The second kappa shape index (κ2) is 2.75. The highest BCUT2D eigenvalue weighted by atomic mass is 19.1. The summed E-state index contributed by atoms with van der Waals surface area (Å²) in [6, 6.07) is 0. The summed E-state index contributed by atoms with van der Waals surface area (Å²) in [4.78, 5) is 9.14. The van der Waals surface area contributed by atoms with E-state index in [1.165, 1.54) is 0 Å². The Morgan fingerprint density at radius 1 is 1.50 bits per heavy atom. The molecule has 6 heteroatoms. The van der Waals surface area contributed by atoms with Crippen LogP contribution in [0.1, 0.15) is 0 Å². The summed E-state index contributed by atoms with van der Waals surface area (Å²) < 4.78 is 12.1. The highest BCUT2D eigenvalue weighted by Gasteiger charge is 1.90. The molecule has 0 aromatic carbocycles. The van der Waals surface area contributed by atoms with E-state index in [9.17, 15) is 4.39 Å². The number of azide groups is 1. The molecular formula is C4H2FN5. The molecule has 1 aromatic rings. The average molecular weight is 139 g/mol. The zero-order chi connectivity index (χ0) is 7.40. The molecule has 0 aliphatic rings. The van der Waals surface area contributed by atoms with Gasteiger partial charge in [-0.15, -0.1) is 0 Å². The van der Waals surface area contributed by atoms with E-state index in [4.69, 9.17) is 5.53 Å². The lowest BCUT2D eigenvalue weighted by atomic mass is 10.6. The number of halogens is 1. The van der Waals surface area contributed by atoms with Gasteiger partial charge >= 0.3 is 0 Å². The van der Waals surface area contributed by atoms with E-state index in [-0.39, 0.29) is 5.95 Å². The number of rotatable bonds is 1. The van der Waals surface area contributed by atoms with Crippen molar-refractivity contribution in [2.24, 2.45) is 5.11 Å². The Balaban J connectivity index is 3.00. The normalized spacial score (nSPS) is 8.50. The molecular weight excluding hydrogens is 137 g/mol. The Hall–Kier alpha value is -1.68. The lowest BCUT2D eigenvalue weighted by molar-refractivity contribution is 0.614. The number of hydrogen-bond acceptors (Lipinski definition) is 3. The van der Waals surface area contributed by atoms with Gasteiger partial charge in [0.2, 0.25) is 5.95 Å². The second-order valence-corrected chi connectivity index (χ2v) is 1.39. The molecule has 0 amide bonds. The van der Waals surface area contributed by atoms with Crippen LogP contribution in [0.4, 0.5) is 10.3 Å². The minimum atomic E-state index is -0.558. The Kier molecular flexibility index (Phi) is 1.77. The molecule has 0 aliphatic heterocycles. The topological polar surface area (TPSA) is 74.5 Å². The Labute approximate surface area is 55.2 Å². The van der Waals surface area contributed by atoms with Gasteiger partial charge in [-0.05, 0) is 10.6 Å². The maximum Gasteiger partial charge on any atom is 0.216 e. The van der Waals surface area contributed by atoms with Gasteiger partial charge in [-0.3, -0.25) is 0 Å². The summed E-state index contributed by atoms with van der Waals surface area (Å²) >= 11 is 0. The zero-order valence-electron chi connectivity index (χ0n) is 4.77. The molecule has 0 saturated heterocycles. The van der Waals surface area contributed by atoms with Gasteiger partial charge in [-0.25, -0.2) is 14.4 Å². The van der Waals surface area contributed by atoms with Crippen molar-refractivity contribution in [1.82, 2.24) is 9.97 Å². The third kappa shape index (κ3) is 1.40. The summed E-state index contributed by atoms with van der Waals surface area (Å²) in [5, 5.41) is 3.04. The van der Waals surface area contributed by atoms with Crippen molar-refractivity contribution >= 4 is 5.95 Å². The van der Waals surface area contributed by atoms with Crippen molar-refractivity contribution in [3.05, 3.63) is 28.7 Å². The predicted molar refractivity (Wildman–Crippen MR) is 30.8 cm³/mol. The molecule has 0 radical (unpaired) electrons. The molecule has 1 rings (SSSR count). The fraction of sp³-hybridized carbons (Fsp3) is 0. The van der Waals surface area contributed by atoms with Crippen LogP contribution in [0.3, 0.4) is 0 Å². The summed E-state index contributed by atoms with van der Waals surface area (Å²) in [5.74, 6) is -0.638. The van der Waals surface area contributed by atoms with Gasteiger partial charge < -0.3 is 0 Å². The number of aromatic nitrogens is 2. The molecule has 5 nitrogen and oxygen atoms in total. The van der Waals surface area contributed by atoms with Crippen molar-refractivity contribution < 1.29 is 4.39 Å². The van der Waals surface area contributed by atoms with Crippen LogP contribution in [-0.4, -0.2) is 9.97 Å². The minimum Gasteiger partial charge on any atom is -0.232 e. The van der Waals surface area contributed by atoms with Gasteiger partial charge in [0.15, 0.2) is 5.82 Å². The zero-order valence-corrected chi connectivity index (χ0v) is 4.77. The second-order valence-electron chi connectivity index (χ2n) is 1.39. The maximum atomic E-state index is 12.1. The molecule has 0 N–H and O–H groups in total. The van der Waals surface area contributed by atoms with Gasteiger partial charge in [0.1, 0.15) is 0 Å². The number of nitrogens with zero attached hydrogens (tertiary/aromatic N) is 5. The molecule has 10 heavy (non-hydrogen) atoms. The fourth-order valence-electron chi connectivity index (χ4n) is 0.397. The van der Waals surface area contributed by atoms with Crippen LogP contribution in [0.2, 0.25) is 0 Å². The maximum absolute atomic E-state index is 12.1. The third-order valence-electron chi connectivity index (χ3n) is 0.741. The molecule has 0 aliphatic carbocycles. The Morgan fingerprint density at radius 2 is 2.10 bits per heavy atom. The highest BCUT2D eigenvalue weighted by Crippen LogP contribution is 2.01. The van der Waals surface area contributed by atoms with Crippen LogP contribution in [0, 0.1) is 5.82 Å². The van der Waals surface area contributed by atoms with Gasteiger partial charge in [-0.2, -0.15) is 0 Å². The first-order chi connectivity index (χ1) is 4.83. The quantitative estimate of drug-likeness (QED) is 0.336. The summed E-state index contributed by atoms with van der Waals surface area (Å²) in [5.41, 5.74) is 7.87. The molecule has 0 atom stereocenters. The van der Waals surface area contributed by atoms with Crippen molar-refractivity contribution in [3.63, 3.8) is 0 Å². The van der Waals surface area contributed by atoms with Crippen molar-refractivity contribution in [2.45, 2.75) is 0 Å². The lowest BCUT2D eigenvalue weighted by Gasteiger charge is -1.86. The molecule has 1 heterocycles. The van der Waals surface area contributed by atoms with Crippen molar-refractivity contribution in [3.8, 4) is 0 Å². The Bertz CT molecular complexity index is 261. The first kappa shape index (κ1) is 6.44. The monoisotopic (exact) mass is 139 g/mol. The minimum absolute atomic E-state index is 0.0797. The van der Waals surface area contributed by atoms with E-state index in [0.29, 0.717) is 0 Å². The SMILES string of the molecule is [N-]=[N+]=Nc1ncc(F)cn1. The molecule has 0 bridgehead atoms. The van der Waals surface area contributed by atoms with E-state index in [0.717, 1.165) is 12.4 Å². The summed E-state index contributed by atoms with van der Waals surface area (Å²) in [6.07, 6.45) is 1.86. The molecule has 0 fully saturated rings. The van der Waals surface area contributed by atoms with Crippen LogP contribution in [0.25, 0.3) is 10.4 Å². The predicted octanol–water partition coefficient (Wildman–Crippen LogP) is 1.56. The van der Waals surface area contributed by atoms with Gasteiger partial charge in [0, 0.05) is 4.91 Å². The van der Waals surface area contributed by atoms with Crippen LogP contribution >= 0.6 is 0 Å². The lowest BCUT2D eigenvalue weighted by Crippen LogP contribution is -1.80. The largest absolute Gasteiger partial charge is 0.232 e. The molecule has 1 aromatic heterocycles. The van der Waals surface area contributed by atoms with Crippen LogP contribution in [0.5, 0.6) is 0 Å². The summed E-state index contributed by atoms with van der Waals surface area (Å²) in [6.45, 7) is 0. The van der Waals surface area contributed by atoms with Gasteiger partial charge in [0.25, 0.3) is 0 Å². The smallest absolute Gasteiger partial charge is 0.216 e. The van der Waals surface area contributed by atoms with E-state index in [1.807, 2.05) is 0 Å². The average Bonchev–Trinajstić information content (AvgIpc) is 1.95. The highest BCUT2D eigenvalue weighted by molar-refractivity contribution is 5.11. The van der Waals surface area contributed by atoms with E-state index >= 15 is 0 Å². The van der Waals surface area contributed by atoms with Crippen molar-refractivity contribution in [2.75, 3.05) is 0 Å². The molecule has 0 spiro atoms. The van der Waals surface area contributed by atoms with Crippen molar-refractivity contribution in [1.29, 1.82) is 0 Å². The Morgan fingerprint density at radius 3 is 2.60 bits per heavy atom. The van der Waals surface area contributed by atoms with Crippen LogP contribution < -0.4 is 0 Å². The van der Waals surface area contributed by atoms with Gasteiger partial charge in [-0.1, -0.05) is 0 Å². The van der Waals surface area contributed by atoms with E-state index < -0.39 is 5.82 Å². The fourth-order valence-corrected chi connectivity index (χ4v) is 0.397. The third-order valence-corrected chi connectivity index (χ3v) is 0.741. The standard InChI is InChI=1S/C4H2FN5/c5-3-1-7-4(8-2-3)9-10-6/h1-2H. The molecule has 0 unspecified atom stereocenters. The van der Waals surface area contributed by atoms with E-state index in [1.54, 1.807) is 0 Å². The van der Waals surface area contributed by atoms with E-state index in [2.05, 4.69) is 20.0 Å². The summed E-state index contributed by atoms with van der Waals surface area (Å²) in [7, 11) is 0. The molecule has 0 saturated carbocycles. The first-order valence-corrected chi connectivity index (χ1v) is 2.35. The number of hydrogen-bond donors (Lipinski definition) is 0. The van der Waals surface area contributed by atoms with Gasteiger partial charge in [0.05, 0.1) is 12.4 Å². The molecule has 50 valence electrons. The van der Waals surface area contributed by atoms with Crippen LogP contribution in [0.15, 0.2) is 17.5 Å². The first-order valence-electron chi connectivity index (χ1n) is 2.35.